The van der Waals surface area contributed by atoms with Crippen molar-refractivity contribution in [2.45, 2.75) is 18.7 Å². The SMILES string of the molecule is Cc1cc2c(=O)c3cc4[nH]c5ccccc5c(=O)c4c(C)c3[nH]c2cc1S(=O)(=O)O. The van der Waals surface area contributed by atoms with Gasteiger partial charge in [0.1, 0.15) is 0 Å². The average molecular weight is 420 g/mol. The summed E-state index contributed by atoms with van der Waals surface area (Å²) in [4.78, 5) is 32.4. The standard InChI is InChI=1S/C22H16N2O5S/c1-10-7-13-16(9-18(10)30(27,28)29)24-20-11(2)19-17(8-14(20)21(13)25)23-15-6-4-3-5-12(15)22(19)26/h3-9H,1-2H3,(H,23,26)(H,24,25)(H,27,28,29). The third-order valence-corrected chi connectivity index (χ3v) is 6.58. The molecule has 0 fully saturated rings. The maximum absolute atomic E-state index is 13.2. The van der Waals surface area contributed by atoms with Gasteiger partial charge in [0.25, 0.3) is 10.1 Å². The van der Waals surface area contributed by atoms with Crippen LogP contribution in [0.25, 0.3) is 43.6 Å². The van der Waals surface area contributed by atoms with Gasteiger partial charge in [-0.3, -0.25) is 14.1 Å². The van der Waals surface area contributed by atoms with Gasteiger partial charge in [0, 0.05) is 21.7 Å². The highest BCUT2D eigenvalue weighted by atomic mass is 32.2. The van der Waals surface area contributed by atoms with Crippen LogP contribution in [-0.2, 0) is 10.1 Å². The van der Waals surface area contributed by atoms with E-state index in [1.807, 2.05) is 6.07 Å². The minimum atomic E-state index is -4.44. The average Bonchev–Trinajstić information content (AvgIpc) is 2.68. The molecule has 2 aromatic heterocycles. The maximum Gasteiger partial charge on any atom is 0.294 e. The minimum Gasteiger partial charge on any atom is -0.354 e. The van der Waals surface area contributed by atoms with E-state index in [0.29, 0.717) is 43.7 Å². The first-order valence-electron chi connectivity index (χ1n) is 9.19. The Morgan fingerprint density at radius 2 is 1.53 bits per heavy atom. The van der Waals surface area contributed by atoms with E-state index >= 15 is 0 Å². The normalized spacial score (nSPS) is 12.4. The van der Waals surface area contributed by atoms with Crippen LogP contribution in [0.5, 0.6) is 0 Å². The molecule has 5 aromatic rings. The van der Waals surface area contributed by atoms with Crippen LogP contribution in [0.15, 0.2) is 56.9 Å². The lowest BCUT2D eigenvalue weighted by Gasteiger charge is -2.11. The van der Waals surface area contributed by atoms with Crippen LogP contribution in [0.2, 0.25) is 0 Å². The number of nitrogens with one attached hydrogen (secondary N) is 2. The fourth-order valence-electron chi connectivity index (χ4n) is 4.16. The predicted octanol–water partition coefficient (Wildman–Crippen LogP) is 3.54. The maximum atomic E-state index is 13.2. The van der Waals surface area contributed by atoms with Crippen molar-refractivity contribution in [3.8, 4) is 0 Å². The molecule has 5 rings (SSSR count). The van der Waals surface area contributed by atoms with Gasteiger partial charge in [-0.1, -0.05) is 12.1 Å². The van der Waals surface area contributed by atoms with E-state index in [4.69, 9.17) is 0 Å². The summed E-state index contributed by atoms with van der Waals surface area (Å²) in [5.41, 5.74) is 2.37. The van der Waals surface area contributed by atoms with Crippen molar-refractivity contribution in [1.82, 2.24) is 9.97 Å². The zero-order valence-electron chi connectivity index (χ0n) is 16.0. The Balaban J connectivity index is 2.02. The highest BCUT2D eigenvalue weighted by Crippen LogP contribution is 2.27. The number of H-pyrrole nitrogens is 2. The number of benzene rings is 3. The molecule has 0 spiro atoms. The van der Waals surface area contributed by atoms with Crippen molar-refractivity contribution in [3.05, 3.63) is 74.0 Å². The van der Waals surface area contributed by atoms with Gasteiger partial charge < -0.3 is 9.97 Å². The minimum absolute atomic E-state index is 0.151. The second-order valence-electron chi connectivity index (χ2n) is 7.44. The first-order chi connectivity index (χ1) is 14.2. The molecule has 0 saturated heterocycles. The Kier molecular flexibility index (Phi) is 3.71. The van der Waals surface area contributed by atoms with Crippen LogP contribution in [0, 0.1) is 13.8 Å². The summed E-state index contributed by atoms with van der Waals surface area (Å²) in [5.74, 6) is 0. The zero-order valence-corrected chi connectivity index (χ0v) is 16.8. The zero-order chi connectivity index (χ0) is 21.4. The Morgan fingerprint density at radius 3 is 2.27 bits per heavy atom. The molecule has 7 nitrogen and oxygen atoms in total. The van der Waals surface area contributed by atoms with Crippen LogP contribution in [-0.4, -0.2) is 22.9 Å². The second-order valence-corrected chi connectivity index (χ2v) is 8.83. The number of fused-ring (bicyclic) bond motifs is 4. The van der Waals surface area contributed by atoms with Crippen LogP contribution in [0.1, 0.15) is 11.1 Å². The van der Waals surface area contributed by atoms with Gasteiger partial charge in [-0.05, 0) is 55.3 Å². The van der Waals surface area contributed by atoms with Crippen LogP contribution < -0.4 is 10.9 Å². The number of hydrogen-bond acceptors (Lipinski definition) is 4. The Labute approximate surface area is 169 Å². The number of pyridine rings is 2. The molecular weight excluding hydrogens is 404 g/mol. The summed E-state index contributed by atoms with van der Waals surface area (Å²) in [6, 6.07) is 11.5. The van der Waals surface area contributed by atoms with Gasteiger partial charge in [-0.25, -0.2) is 0 Å². The van der Waals surface area contributed by atoms with Crippen LogP contribution in [0.4, 0.5) is 0 Å². The molecule has 0 unspecified atom stereocenters. The number of aryl methyl sites for hydroxylation is 2. The van der Waals surface area contributed by atoms with Gasteiger partial charge in [-0.15, -0.1) is 0 Å². The molecule has 8 heteroatoms. The molecule has 0 atom stereocenters. The molecule has 30 heavy (non-hydrogen) atoms. The van der Waals surface area contributed by atoms with Crippen molar-refractivity contribution >= 4 is 53.7 Å². The summed E-state index contributed by atoms with van der Waals surface area (Å²) >= 11 is 0. The molecule has 150 valence electrons. The molecule has 0 aliphatic rings. The lowest BCUT2D eigenvalue weighted by Crippen LogP contribution is -2.11. The number of hydrogen-bond donors (Lipinski definition) is 3. The monoisotopic (exact) mass is 420 g/mol. The van der Waals surface area contributed by atoms with E-state index in [9.17, 15) is 22.6 Å². The van der Waals surface area contributed by atoms with E-state index in [1.54, 1.807) is 31.2 Å². The van der Waals surface area contributed by atoms with Crippen molar-refractivity contribution in [3.63, 3.8) is 0 Å². The largest absolute Gasteiger partial charge is 0.354 e. The molecule has 0 aliphatic heterocycles. The summed E-state index contributed by atoms with van der Waals surface area (Å²) < 4.78 is 32.8. The van der Waals surface area contributed by atoms with Crippen LogP contribution >= 0.6 is 0 Å². The Bertz CT molecular complexity index is 1780. The van der Waals surface area contributed by atoms with Crippen molar-refractivity contribution in [2.75, 3.05) is 0 Å². The fraction of sp³-hybridized carbons (Fsp3) is 0.0909. The summed E-state index contributed by atoms with van der Waals surface area (Å²) in [7, 11) is -4.44. The molecule has 0 bridgehead atoms. The first-order valence-corrected chi connectivity index (χ1v) is 10.6. The summed E-state index contributed by atoms with van der Waals surface area (Å²) in [5, 5.41) is 1.69. The van der Waals surface area contributed by atoms with E-state index in [0.717, 1.165) is 0 Å². The van der Waals surface area contributed by atoms with Gasteiger partial charge in [0.15, 0.2) is 10.9 Å². The van der Waals surface area contributed by atoms with E-state index in [1.165, 1.54) is 19.1 Å². The van der Waals surface area contributed by atoms with Crippen LogP contribution in [0.3, 0.4) is 0 Å². The third kappa shape index (κ3) is 2.51. The number of aromatic nitrogens is 2. The van der Waals surface area contributed by atoms with E-state index < -0.39 is 10.1 Å². The predicted molar refractivity (Wildman–Crippen MR) is 117 cm³/mol. The molecule has 0 aliphatic carbocycles. The molecule has 0 amide bonds. The fourth-order valence-corrected chi connectivity index (χ4v) is 4.89. The first kappa shape index (κ1) is 18.5. The molecule has 3 N–H and O–H groups in total. The number of aromatic amines is 2. The van der Waals surface area contributed by atoms with Crippen molar-refractivity contribution in [2.24, 2.45) is 0 Å². The van der Waals surface area contributed by atoms with Crippen molar-refractivity contribution in [1.29, 1.82) is 0 Å². The lowest BCUT2D eigenvalue weighted by atomic mass is 10.00. The van der Waals surface area contributed by atoms with Gasteiger partial charge in [0.2, 0.25) is 0 Å². The lowest BCUT2D eigenvalue weighted by molar-refractivity contribution is 0.482. The summed E-state index contributed by atoms with van der Waals surface area (Å²) in [6.07, 6.45) is 0. The van der Waals surface area contributed by atoms with E-state index in [2.05, 4.69) is 9.97 Å². The van der Waals surface area contributed by atoms with Gasteiger partial charge >= 0.3 is 0 Å². The molecule has 3 aromatic carbocycles. The number of rotatable bonds is 1. The smallest absolute Gasteiger partial charge is 0.294 e. The van der Waals surface area contributed by atoms with Gasteiger partial charge in [-0.2, -0.15) is 8.42 Å². The Morgan fingerprint density at radius 1 is 0.800 bits per heavy atom. The quantitative estimate of drug-likeness (QED) is 0.283. The second kappa shape index (κ2) is 6.01. The topological polar surface area (TPSA) is 120 Å². The molecule has 0 radical (unpaired) electrons. The van der Waals surface area contributed by atoms with E-state index in [-0.39, 0.29) is 26.8 Å². The molecular formula is C22H16N2O5S. The number of para-hydroxylation sites is 1. The highest BCUT2D eigenvalue weighted by molar-refractivity contribution is 7.85. The molecule has 2 heterocycles. The Hall–Kier alpha value is -3.49. The van der Waals surface area contributed by atoms with Gasteiger partial charge in [0.05, 0.1) is 26.8 Å². The molecule has 0 saturated carbocycles. The third-order valence-electron chi connectivity index (χ3n) is 5.59. The van der Waals surface area contributed by atoms with Crippen molar-refractivity contribution < 1.29 is 13.0 Å². The summed E-state index contributed by atoms with van der Waals surface area (Å²) in [6.45, 7) is 3.26. The highest BCUT2D eigenvalue weighted by Gasteiger charge is 2.18.